The molecular formula is C21H21ClN2O2S. The third-order valence-electron chi connectivity index (χ3n) is 4.04. The fourth-order valence-electron chi connectivity index (χ4n) is 2.66. The van der Waals surface area contributed by atoms with Gasteiger partial charge in [-0.1, -0.05) is 41.9 Å². The van der Waals surface area contributed by atoms with E-state index in [1.807, 2.05) is 49.6 Å². The van der Waals surface area contributed by atoms with Crippen LogP contribution in [0.3, 0.4) is 0 Å². The minimum absolute atomic E-state index is 0.0402. The highest BCUT2D eigenvalue weighted by Gasteiger charge is 2.08. The van der Waals surface area contributed by atoms with Crippen molar-refractivity contribution < 1.29 is 9.53 Å². The van der Waals surface area contributed by atoms with Gasteiger partial charge in [0, 0.05) is 16.8 Å². The molecule has 3 aromatic rings. The summed E-state index contributed by atoms with van der Waals surface area (Å²) in [5.74, 6) is 0.459. The maximum absolute atomic E-state index is 12.0. The SMILES string of the molecule is Cc1cc(OCC(=O)NCc2csc(Cc3ccccc3)n2)cc(C)c1Cl. The number of aryl methyl sites for hydroxylation is 2. The molecule has 1 N–H and O–H groups in total. The molecule has 140 valence electrons. The first-order valence-electron chi connectivity index (χ1n) is 8.64. The van der Waals surface area contributed by atoms with Gasteiger partial charge < -0.3 is 10.1 Å². The second-order valence-corrected chi connectivity index (χ2v) is 7.65. The number of carbonyl (C=O) groups is 1. The lowest BCUT2D eigenvalue weighted by atomic mass is 10.1. The van der Waals surface area contributed by atoms with Crippen molar-refractivity contribution in [2.75, 3.05) is 6.61 Å². The predicted molar refractivity (Wildman–Crippen MR) is 110 cm³/mol. The van der Waals surface area contributed by atoms with Crippen LogP contribution in [0.2, 0.25) is 5.02 Å². The van der Waals surface area contributed by atoms with Crippen LogP contribution in [-0.2, 0) is 17.8 Å². The number of nitrogens with zero attached hydrogens (tertiary/aromatic N) is 1. The Morgan fingerprint density at radius 1 is 1.19 bits per heavy atom. The van der Waals surface area contributed by atoms with Crippen LogP contribution in [0.25, 0.3) is 0 Å². The Morgan fingerprint density at radius 3 is 2.59 bits per heavy atom. The number of carbonyl (C=O) groups excluding carboxylic acids is 1. The lowest BCUT2D eigenvalue weighted by Gasteiger charge is -2.10. The van der Waals surface area contributed by atoms with Crippen molar-refractivity contribution in [3.8, 4) is 5.75 Å². The average molecular weight is 401 g/mol. The lowest BCUT2D eigenvalue weighted by Crippen LogP contribution is -2.28. The van der Waals surface area contributed by atoms with Crippen LogP contribution < -0.4 is 10.1 Å². The number of nitrogens with one attached hydrogen (secondary N) is 1. The highest BCUT2D eigenvalue weighted by atomic mass is 35.5. The van der Waals surface area contributed by atoms with E-state index in [1.54, 1.807) is 11.3 Å². The first-order valence-corrected chi connectivity index (χ1v) is 9.90. The molecule has 0 bridgehead atoms. The van der Waals surface area contributed by atoms with Gasteiger partial charge in [-0.15, -0.1) is 11.3 Å². The van der Waals surface area contributed by atoms with E-state index in [0.717, 1.165) is 33.3 Å². The minimum Gasteiger partial charge on any atom is -0.484 e. The number of ether oxygens (including phenoxy) is 1. The molecule has 1 heterocycles. The molecule has 0 saturated carbocycles. The largest absolute Gasteiger partial charge is 0.484 e. The monoisotopic (exact) mass is 400 g/mol. The van der Waals surface area contributed by atoms with E-state index in [2.05, 4.69) is 22.4 Å². The Hall–Kier alpha value is -2.37. The van der Waals surface area contributed by atoms with Crippen LogP contribution in [0.4, 0.5) is 0 Å². The number of hydrogen-bond acceptors (Lipinski definition) is 4. The third kappa shape index (κ3) is 5.55. The quantitative estimate of drug-likeness (QED) is 0.625. The highest BCUT2D eigenvalue weighted by molar-refractivity contribution is 7.09. The van der Waals surface area contributed by atoms with E-state index in [4.69, 9.17) is 16.3 Å². The zero-order valence-electron chi connectivity index (χ0n) is 15.3. The number of thiazole rings is 1. The van der Waals surface area contributed by atoms with E-state index in [0.29, 0.717) is 12.3 Å². The Balaban J connectivity index is 1.47. The molecule has 4 nitrogen and oxygen atoms in total. The molecule has 0 aliphatic heterocycles. The Labute approximate surface area is 168 Å². The minimum atomic E-state index is -0.183. The van der Waals surface area contributed by atoms with Crippen molar-refractivity contribution in [2.45, 2.75) is 26.8 Å². The molecule has 3 rings (SSSR count). The summed E-state index contributed by atoms with van der Waals surface area (Å²) in [6, 6.07) is 13.9. The molecule has 2 aromatic carbocycles. The Bertz CT molecular complexity index is 902. The summed E-state index contributed by atoms with van der Waals surface area (Å²) in [6.07, 6.45) is 0.803. The molecule has 0 fully saturated rings. The van der Waals surface area contributed by atoms with Gasteiger partial charge in [0.1, 0.15) is 5.75 Å². The summed E-state index contributed by atoms with van der Waals surface area (Å²) < 4.78 is 5.57. The van der Waals surface area contributed by atoms with Crippen LogP contribution in [0.1, 0.15) is 27.4 Å². The normalized spacial score (nSPS) is 10.6. The highest BCUT2D eigenvalue weighted by Crippen LogP contribution is 2.25. The van der Waals surface area contributed by atoms with Crippen LogP contribution in [0.5, 0.6) is 5.75 Å². The van der Waals surface area contributed by atoms with Crippen molar-refractivity contribution in [1.29, 1.82) is 0 Å². The van der Waals surface area contributed by atoms with Gasteiger partial charge in [0.25, 0.3) is 5.91 Å². The predicted octanol–water partition coefficient (Wildman–Crippen LogP) is 4.70. The molecule has 0 saturated heterocycles. The Morgan fingerprint density at radius 2 is 1.89 bits per heavy atom. The lowest BCUT2D eigenvalue weighted by molar-refractivity contribution is -0.123. The van der Waals surface area contributed by atoms with E-state index >= 15 is 0 Å². The summed E-state index contributed by atoms with van der Waals surface area (Å²) >= 11 is 7.75. The molecule has 0 spiro atoms. The van der Waals surface area contributed by atoms with Gasteiger partial charge >= 0.3 is 0 Å². The Kier molecular flexibility index (Phi) is 6.48. The van der Waals surface area contributed by atoms with Gasteiger partial charge in [-0.25, -0.2) is 4.98 Å². The summed E-state index contributed by atoms with van der Waals surface area (Å²) in [7, 11) is 0. The van der Waals surface area contributed by atoms with E-state index in [1.165, 1.54) is 5.56 Å². The van der Waals surface area contributed by atoms with Gasteiger partial charge in [-0.3, -0.25) is 4.79 Å². The average Bonchev–Trinajstić information content (AvgIpc) is 3.10. The van der Waals surface area contributed by atoms with Crippen LogP contribution in [-0.4, -0.2) is 17.5 Å². The van der Waals surface area contributed by atoms with Crippen molar-refractivity contribution >= 4 is 28.8 Å². The van der Waals surface area contributed by atoms with Crippen LogP contribution in [0.15, 0.2) is 47.8 Å². The number of benzene rings is 2. The zero-order valence-corrected chi connectivity index (χ0v) is 16.9. The molecule has 0 aliphatic rings. The maximum Gasteiger partial charge on any atom is 0.258 e. The van der Waals surface area contributed by atoms with E-state index in [-0.39, 0.29) is 12.5 Å². The van der Waals surface area contributed by atoms with Crippen molar-refractivity contribution in [3.05, 3.63) is 80.3 Å². The molecule has 1 aromatic heterocycles. The fourth-order valence-corrected chi connectivity index (χ4v) is 3.60. The smallest absolute Gasteiger partial charge is 0.258 e. The summed E-state index contributed by atoms with van der Waals surface area (Å²) in [5.41, 5.74) is 3.95. The maximum atomic E-state index is 12.0. The summed E-state index contributed by atoms with van der Waals surface area (Å²) in [5, 5.41) is 6.58. The number of amides is 1. The zero-order chi connectivity index (χ0) is 19.2. The summed E-state index contributed by atoms with van der Waals surface area (Å²) in [6.45, 7) is 4.18. The van der Waals surface area contributed by atoms with Gasteiger partial charge in [0.15, 0.2) is 6.61 Å². The standard InChI is InChI=1S/C21H21ClN2O2S/c1-14-8-18(9-15(2)21(14)22)26-12-19(25)23-11-17-13-27-20(24-17)10-16-6-4-3-5-7-16/h3-9,13H,10-12H2,1-2H3,(H,23,25). The van der Waals surface area contributed by atoms with Crippen molar-refractivity contribution in [1.82, 2.24) is 10.3 Å². The first-order chi connectivity index (χ1) is 13.0. The first kappa shape index (κ1) is 19.4. The number of rotatable bonds is 7. The van der Waals surface area contributed by atoms with Crippen molar-refractivity contribution in [3.63, 3.8) is 0 Å². The molecule has 0 radical (unpaired) electrons. The van der Waals surface area contributed by atoms with Gasteiger partial charge in [-0.05, 0) is 42.7 Å². The van der Waals surface area contributed by atoms with Gasteiger partial charge in [0.2, 0.25) is 0 Å². The molecule has 0 atom stereocenters. The second-order valence-electron chi connectivity index (χ2n) is 6.33. The summed E-state index contributed by atoms with van der Waals surface area (Å²) in [4.78, 5) is 16.6. The number of halogens is 1. The van der Waals surface area contributed by atoms with Crippen LogP contribution >= 0.6 is 22.9 Å². The van der Waals surface area contributed by atoms with E-state index in [9.17, 15) is 4.79 Å². The molecule has 0 unspecified atom stereocenters. The van der Waals surface area contributed by atoms with Gasteiger partial charge in [-0.2, -0.15) is 0 Å². The van der Waals surface area contributed by atoms with Crippen molar-refractivity contribution in [2.24, 2.45) is 0 Å². The molecule has 0 aliphatic carbocycles. The number of hydrogen-bond donors (Lipinski definition) is 1. The molecule has 27 heavy (non-hydrogen) atoms. The molecule has 6 heteroatoms. The fraction of sp³-hybridized carbons (Fsp3) is 0.238. The van der Waals surface area contributed by atoms with E-state index < -0.39 is 0 Å². The van der Waals surface area contributed by atoms with Crippen LogP contribution in [0, 0.1) is 13.8 Å². The molecular weight excluding hydrogens is 380 g/mol. The third-order valence-corrected chi connectivity index (χ3v) is 5.54. The second kappa shape index (κ2) is 9.02. The topological polar surface area (TPSA) is 51.2 Å². The number of aromatic nitrogens is 1. The van der Waals surface area contributed by atoms with Gasteiger partial charge in [0.05, 0.1) is 17.2 Å². The molecule has 1 amide bonds.